The maximum absolute atomic E-state index is 12.2. The zero-order valence-corrected chi connectivity index (χ0v) is 15.9. The van der Waals surface area contributed by atoms with Gasteiger partial charge >= 0.3 is 0 Å². The minimum Gasteiger partial charge on any atom is -0.352 e. The van der Waals surface area contributed by atoms with Crippen LogP contribution in [0.1, 0.15) is 61.6 Å². The molecule has 5 heteroatoms. The second kappa shape index (κ2) is 8.61. The lowest BCUT2D eigenvalue weighted by molar-refractivity contribution is -0.121. The lowest BCUT2D eigenvalue weighted by Gasteiger charge is -2.19. The largest absolute Gasteiger partial charge is 0.352 e. The average Bonchev–Trinajstić information content (AvgIpc) is 2.61. The summed E-state index contributed by atoms with van der Waals surface area (Å²) < 4.78 is 0. The van der Waals surface area contributed by atoms with Crippen molar-refractivity contribution in [2.24, 2.45) is 0 Å². The number of hydrogen-bond acceptors (Lipinski definition) is 3. The minimum absolute atomic E-state index is 0.0542. The molecule has 0 aliphatic heterocycles. The lowest BCUT2D eigenvalue weighted by Crippen LogP contribution is -2.32. The molecule has 0 aliphatic rings. The number of aromatic nitrogens is 1. The van der Waals surface area contributed by atoms with Crippen molar-refractivity contribution < 1.29 is 9.59 Å². The van der Waals surface area contributed by atoms with Gasteiger partial charge in [-0.15, -0.1) is 0 Å². The molecule has 0 radical (unpaired) electrons. The first-order chi connectivity index (χ1) is 12.3. The van der Waals surface area contributed by atoms with Gasteiger partial charge in [-0.25, -0.2) is 0 Å². The fourth-order valence-corrected chi connectivity index (χ4v) is 2.56. The molecule has 1 aromatic carbocycles. The molecule has 2 rings (SSSR count). The highest BCUT2D eigenvalue weighted by Gasteiger charge is 2.14. The Morgan fingerprint density at radius 1 is 1.04 bits per heavy atom. The number of amides is 2. The Bertz CT molecular complexity index is 734. The maximum Gasteiger partial charge on any atom is 0.251 e. The van der Waals surface area contributed by atoms with Crippen LogP contribution in [0.3, 0.4) is 0 Å². The van der Waals surface area contributed by atoms with E-state index in [1.807, 2.05) is 43.3 Å². The number of carbonyl (C=O) groups is 2. The Labute approximate surface area is 155 Å². The van der Waals surface area contributed by atoms with E-state index in [0.717, 1.165) is 5.56 Å². The molecule has 0 saturated heterocycles. The van der Waals surface area contributed by atoms with Gasteiger partial charge in [0.1, 0.15) is 0 Å². The summed E-state index contributed by atoms with van der Waals surface area (Å²) in [5, 5.41) is 5.71. The first-order valence-electron chi connectivity index (χ1n) is 8.85. The number of hydrogen-bond donors (Lipinski definition) is 2. The molecular weight excluding hydrogens is 326 g/mol. The summed E-state index contributed by atoms with van der Waals surface area (Å²) in [6.45, 7) is 8.62. The van der Waals surface area contributed by atoms with Crippen LogP contribution in [0, 0.1) is 0 Å². The maximum atomic E-state index is 12.2. The predicted octanol–water partition coefficient (Wildman–Crippen LogP) is 3.38. The summed E-state index contributed by atoms with van der Waals surface area (Å²) in [6, 6.07) is 11.2. The summed E-state index contributed by atoms with van der Waals surface area (Å²) in [6.07, 6.45) is 3.63. The predicted molar refractivity (Wildman–Crippen MR) is 103 cm³/mol. The average molecular weight is 353 g/mol. The van der Waals surface area contributed by atoms with Gasteiger partial charge in [0.25, 0.3) is 5.91 Å². The molecule has 0 spiro atoms. The first-order valence-corrected chi connectivity index (χ1v) is 8.85. The fourth-order valence-electron chi connectivity index (χ4n) is 2.56. The monoisotopic (exact) mass is 353 g/mol. The van der Waals surface area contributed by atoms with Gasteiger partial charge in [-0.05, 0) is 47.7 Å². The molecule has 5 nitrogen and oxygen atoms in total. The Kier molecular flexibility index (Phi) is 6.50. The smallest absolute Gasteiger partial charge is 0.251 e. The van der Waals surface area contributed by atoms with E-state index < -0.39 is 0 Å². The summed E-state index contributed by atoms with van der Waals surface area (Å²) in [5.74, 6) is -0.266. The van der Waals surface area contributed by atoms with Gasteiger partial charge in [-0.3, -0.25) is 14.6 Å². The first kappa shape index (κ1) is 19.6. The van der Waals surface area contributed by atoms with Gasteiger partial charge in [0.2, 0.25) is 5.91 Å². The van der Waals surface area contributed by atoms with Crippen molar-refractivity contribution in [1.82, 2.24) is 15.6 Å². The topological polar surface area (TPSA) is 71.1 Å². The molecule has 1 unspecified atom stereocenters. The minimum atomic E-state index is -0.166. The normalized spacial score (nSPS) is 12.3. The highest BCUT2D eigenvalue weighted by atomic mass is 16.2. The van der Waals surface area contributed by atoms with Gasteiger partial charge < -0.3 is 10.6 Å². The van der Waals surface area contributed by atoms with Crippen LogP contribution in [0.25, 0.3) is 0 Å². The Hall–Kier alpha value is -2.69. The molecule has 0 bridgehead atoms. The number of benzene rings is 1. The van der Waals surface area contributed by atoms with Crippen molar-refractivity contribution in [3.8, 4) is 0 Å². The van der Waals surface area contributed by atoms with Crippen molar-refractivity contribution >= 4 is 11.8 Å². The molecule has 0 aliphatic carbocycles. The molecule has 1 aromatic heterocycles. The van der Waals surface area contributed by atoms with Crippen molar-refractivity contribution in [3.05, 3.63) is 65.5 Å². The van der Waals surface area contributed by atoms with E-state index in [9.17, 15) is 9.59 Å². The van der Waals surface area contributed by atoms with Crippen LogP contribution in [0.2, 0.25) is 0 Å². The number of nitrogens with one attached hydrogen (secondary N) is 2. The molecule has 1 atom stereocenters. The molecule has 26 heavy (non-hydrogen) atoms. The van der Waals surface area contributed by atoms with Crippen LogP contribution in [0.15, 0.2) is 48.8 Å². The van der Waals surface area contributed by atoms with Gasteiger partial charge in [-0.1, -0.05) is 32.9 Å². The number of carbonyl (C=O) groups excluding carboxylic acids is 2. The van der Waals surface area contributed by atoms with Crippen LogP contribution in [-0.4, -0.2) is 23.3 Å². The molecule has 2 N–H and O–H groups in total. The molecule has 138 valence electrons. The van der Waals surface area contributed by atoms with E-state index in [0.29, 0.717) is 12.1 Å². The number of pyridine rings is 1. The highest BCUT2D eigenvalue weighted by molar-refractivity contribution is 5.94. The third-order valence-electron chi connectivity index (χ3n) is 4.23. The lowest BCUT2D eigenvalue weighted by atomic mass is 9.87. The van der Waals surface area contributed by atoms with Gasteiger partial charge in [0, 0.05) is 30.9 Å². The van der Waals surface area contributed by atoms with Crippen molar-refractivity contribution in [2.75, 3.05) is 6.54 Å². The van der Waals surface area contributed by atoms with E-state index in [1.165, 1.54) is 5.56 Å². The van der Waals surface area contributed by atoms with Gasteiger partial charge in [0.15, 0.2) is 0 Å². The van der Waals surface area contributed by atoms with Crippen LogP contribution >= 0.6 is 0 Å². The van der Waals surface area contributed by atoms with Crippen molar-refractivity contribution in [3.63, 3.8) is 0 Å². The summed E-state index contributed by atoms with van der Waals surface area (Å²) in [7, 11) is 0. The van der Waals surface area contributed by atoms with Gasteiger partial charge in [-0.2, -0.15) is 0 Å². The van der Waals surface area contributed by atoms with E-state index >= 15 is 0 Å². The second-order valence-corrected chi connectivity index (χ2v) is 7.40. The van der Waals surface area contributed by atoms with Gasteiger partial charge in [0.05, 0.1) is 6.04 Å². The van der Waals surface area contributed by atoms with Crippen LogP contribution in [-0.2, 0) is 10.2 Å². The van der Waals surface area contributed by atoms with Crippen LogP contribution in [0.5, 0.6) is 0 Å². The number of nitrogens with zero attached hydrogens (tertiary/aromatic N) is 1. The van der Waals surface area contributed by atoms with Crippen molar-refractivity contribution in [1.29, 1.82) is 0 Å². The van der Waals surface area contributed by atoms with Crippen LogP contribution < -0.4 is 10.6 Å². The molecule has 2 amide bonds. The summed E-state index contributed by atoms with van der Waals surface area (Å²) in [5.41, 5.74) is 2.83. The third-order valence-corrected chi connectivity index (χ3v) is 4.23. The van der Waals surface area contributed by atoms with E-state index in [4.69, 9.17) is 0 Å². The van der Waals surface area contributed by atoms with Crippen LogP contribution in [0.4, 0.5) is 0 Å². The second-order valence-electron chi connectivity index (χ2n) is 7.40. The Morgan fingerprint density at radius 3 is 2.23 bits per heavy atom. The quantitative estimate of drug-likeness (QED) is 0.836. The Morgan fingerprint density at radius 2 is 1.65 bits per heavy atom. The Balaban J connectivity index is 1.78. The molecule has 2 aromatic rings. The van der Waals surface area contributed by atoms with E-state index in [2.05, 4.69) is 36.4 Å². The number of rotatable bonds is 6. The molecule has 1 heterocycles. The van der Waals surface area contributed by atoms with Crippen molar-refractivity contribution in [2.45, 2.75) is 45.6 Å². The molecule has 0 fully saturated rings. The SMILES string of the molecule is CC(NC(=O)CCNC(=O)c1ccc(C(C)(C)C)cc1)c1ccncc1. The summed E-state index contributed by atoms with van der Waals surface area (Å²) >= 11 is 0. The fraction of sp³-hybridized carbons (Fsp3) is 0.381. The molecular formula is C21H27N3O2. The van der Waals surface area contributed by atoms with E-state index in [1.54, 1.807) is 12.4 Å². The third kappa shape index (κ3) is 5.69. The highest BCUT2D eigenvalue weighted by Crippen LogP contribution is 2.22. The zero-order chi connectivity index (χ0) is 19.2. The zero-order valence-electron chi connectivity index (χ0n) is 15.9. The van der Waals surface area contributed by atoms with E-state index in [-0.39, 0.29) is 29.7 Å². The standard InChI is InChI=1S/C21H27N3O2/c1-15(16-9-12-22-13-10-16)24-19(25)11-14-23-20(26)17-5-7-18(8-6-17)21(2,3)4/h5-10,12-13,15H,11,14H2,1-4H3,(H,23,26)(H,24,25). The summed E-state index contributed by atoms with van der Waals surface area (Å²) in [4.78, 5) is 28.2. The molecule has 0 saturated carbocycles.